The van der Waals surface area contributed by atoms with Crippen molar-refractivity contribution < 1.29 is 9.53 Å². The zero-order valence-electron chi connectivity index (χ0n) is 7.14. The molecule has 1 unspecified atom stereocenters. The number of carbonyl (C=O) groups excluding carboxylic acids is 1. The predicted molar refractivity (Wildman–Crippen MR) is 49.3 cm³/mol. The van der Waals surface area contributed by atoms with Crippen LogP contribution in [0.1, 0.15) is 11.7 Å². The summed E-state index contributed by atoms with van der Waals surface area (Å²) in [5.41, 5.74) is 1.09. The lowest BCUT2D eigenvalue weighted by molar-refractivity contribution is -0.121. The van der Waals surface area contributed by atoms with E-state index in [1.165, 1.54) is 0 Å². The van der Waals surface area contributed by atoms with Crippen LogP contribution in [-0.4, -0.2) is 12.4 Å². The van der Waals surface area contributed by atoms with Gasteiger partial charge in [0.05, 0.1) is 0 Å². The van der Waals surface area contributed by atoms with E-state index in [0.717, 1.165) is 5.56 Å². The summed E-state index contributed by atoms with van der Waals surface area (Å²) in [5, 5.41) is 0. The Labute approximate surface area is 76.8 Å². The highest BCUT2D eigenvalue weighted by atomic mass is 16.5. The van der Waals surface area contributed by atoms with Crippen molar-refractivity contribution in [3.8, 4) is 0 Å². The third-order valence-electron chi connectivity index (χ3n) is 1.99. The Hall–Kier alpha value is -1.41. The number of hydrogen-bond donors (Lipinski definition) is 0. The fourth-order valence-corrected chi connectivity index (χ4v) is 1.32. The molecule has 2 nitrogen and oxygen atoms in total. The van der Waals surface area contributed by atoms with Crippen LogP contribution in [0.4, 0.5) is 0 Å². The van der Waals surface area contributed by atoms with Crippen LogP contribution >= 0.6 is 0 Å². The van der Waals surface area contributed by atoms with E-state index >= 15 is 0 Å². The number of carbonyl (C=O) groups is 1. The minimum absolute atomic E-state index is 0.0344. The lowest BCUT2D eigenvalue weighted by Crippen LogP contribution is -2.14. The number of benzene rings is 1. The van der Waals surface area contributed by atoms with Gasteiger partial charge >= 0.3 is 0 Å². The van der Waals surface area contributed by atoms with Crippen molar-refractivity contribution in [1.82, 2.24) is 0 Å². The molecule has 1 aromatic carbocycles. The van der Waals surface area contributed by atoms with Crippen LogP contribution in [0.3, 0.4) is 0 Å². The Bertz CT molecular complexity index is 327. The van der Waals surface area contributed by atoms with Crippen LogP contribution in [0, 0.1) is 0 Å². The molecular formula is C11H10O2. The molecule has 1 atom stereocenters. The molecule has 0 spiro atoms. The largest absolute Gasteiger partial charge is 0.361 e. The smallest absolute Gasteiger partial charge is 0.181 e. The first-order valence-electron chi connectivity index (χ1n) is 4.24. The molecule has 0 aromatic heterocycles. The van der Waals surface area contributed by atoms with E-state index in [9.17, 15) is 4.79 Å². The highest BCUT2D eigenvalue weighted by Crippen LogP contribution is 2.20. The second-order valence-corrected chi connectivity index (χ2v) is 2.97. The zero-order valence-corrected chi connectivity index (χ0v) is 7.14. The zero-order chi connectivity index (χ0) is 9.10. The van der Waals surface area contributed by atoms with Crippen molar-refractivity contribution in [2.75, 3.05) is 6.61 Å². The summed E-state index contributed by atoms with van der Waals surface area (Å²) in [4.78, 5) is 10.8. The van der Waals surface area contributed by atoms with E-state index in [4.69, 9.17) is 4.74 Å². The Morgan fingerprint density at radius 2 is 2.00 bits per heavy atom. The summed E-state index contributed by atoms with van der Waals surface area (Å²) in [6, 6.07) is 9.86. The second kappa shape index (κ2) is 3.54. The van der Waals surface area contributed by atoms with Gasteiger partial charge in [0.2, 0.25) is 0 Å². The number of hydrogen-bond acceptors (Lipinski definition) is 2. The molecule has 0 bridgehead atoms. The average Bonchev–Trinajstić information content (AvgIpc) is 2.20. The average molecular weight is 174 g/mol. The summed E-state index contributed by atoms with van der Waals surface area (Å²) in [5.74, 6) is 0.0344. The third-order valence-corrected chi connectivity index (χ3v) is 1.99. The monoisotopic (exact) mass is 174 g/mol. The van der Waals surface area contributed by atoms with Crippen molar-refractivity contribution in [2.45, 2.75) is 6.10 Å². The van der Waals surface area contributed by atoms with Crippen LogP contribution in [0.2, 0.25) is 0 Å². The quantitative estimate of drug-likeness (QED) is 0.649. The predicted octanol–water partition coefficient (Wildman–Crippen LogP) is 1.88. The third kappa shape index (κ3) is 1.84. The minimum Gasteiger partial charge on any atom is -0.361 e. The first-order valence-corrected chi connectivity index (χ1v) is 4.24. The van der Waals surface area contributed by atoms with Gasteiger partial charge < -0.3 is 4.74 Å². The van der Waals surface area contributed by atoms with E-state index in [1.54, 1.807) is 12.2 Å². The molecular weight excluding hydrogens is 164 g/mol. The molecule has 0 N–H and O–H groups in total. The summed E-state index contributed by atoms with van der Waals surface area (Å²) >= 11 is 0. The molecule has 0 fully saturated rings. The van der Waals surface area contributed by atoms with Gasteiger partial charge in [-0.2, -0.15) is 0 Å². The Balaban J connectivity index is 2.20. The Morgan fingerprint density at radius 1 is 1.23 bits per heavy atom. The van der Waals surface area contributed by atoms with Crippen molar-refractivity contribution in [2.24, 2.45) is 0 Å². The van der Waals surface area contributed by atoms with Crippen molar-refractivity contribution in [1.29, 1.82) is 0 Å². The van der Waals surface area contributed by atoms with Crippen LogP contribution in [-0.2, 0) is 9.53 Å². The summed E-state index contributed by atoms with van der Waals surface area (Å²) in [6.45, 7) is 0.191. The van der Waals surface area contributed by atoms with E-state index < -0.39 is 0 Å². The summed E-state index contributed by atoms with van der Waals surface area (Å²) in [7, 11) is 0. The molecule has 1 heterocycles. The van der Waals surface area contributed by atoms with Gasteiger partial charge in [0.25, 0.3) is 0 Å². The van der Waals surface area contributed by atoms with E-state index in [2.05, 4.69) is 0 Å². The lowest BCUT2D eigenvalue weighted by atomic mass is 10.1. The van der Waals surface area contributed by atoms with E-state index in [0.29, 0.717) is 0 Å². The molecule has 2 heteroatoms. The summed E-state index contributed by atoms with van der Waals surface area (Å²) < 4.78 is 5.34. The van der Waals surface area contributed by atoms with Gasteiger partial charge in [0.1, 0.15) is 12.7 Å². The Kier molecular flexibility index (Phi) is 2.23. The van der Waals surface area contributed by atoms with Crippen molar-refractivity contribution >= 4 is 5.78 Å². The molecule has 0 radical (unpaired) electrons. The second-order valence-electron chi connectivity index (χ2n) is 2.97. The molecule has 0 amide bonds. The topological polar surface area (TPSA) is 26.3 Å². The molecule has 1 aliphatic heterocycles. The fourth-order valence-electron chi connectivity index (χ4n) is 1.32. The van der Waals surface area contributed by atoms with Gasteiger partial charge in [-0.15, -0.1) is 0 Å². The standard InChI is InChI=1S/C11H10O2/c12-10-6-7-11(13-8-10)9-4-2-1-3-5-9/h1-7,11H,8H2. The maximum absolute atomic E-state index is 10.8. The van der Waals surface area contributed by atoms with Crippen LogP contribution in [0.25, 0.3) is 0 Å². The highest BCUT2D eigenvalue weighted by Gasteiger charge is 2.14. The molecule has 13 heavy (non-hydrogen) atoms. The van der Waals surface area contributed by atoms with E-state index in [-0.39, 0.29) is 18.5 Å². The molecule has 66 valence electrons. The van der Waals surface area contributed by atoms with Gasteiger partial charge in [-0.25, -0.2) is 0 Å². The van der Waals surface area contributed by atoms with Crippen LogP contribution < -0.4 is 0 Å². The first-order chi connectivity index (χ1) is 6.36. The molecule has 0 saturated carbocycles. The van der Waals surface area contributed by atoms with Gasteiger partial charge in [0.15, 0.2) is 5.78 Å². The van der Waals surface area contributed by atoms with Crippen molar-refractivity contribution in [3.05, 3.63) is 48.0 Å². The first kappa shape index (κ1) is 8.20. The molecule has 0 saturated heterocycles. The van der Waals surface area contributed by atoms with Gasteiger partial charge in [-0.05, 0) is 17.7 Å². The SMILES string of the molecule is O=C1C=CC(c2ccccc2)OC1. The molecule has 1 aromatic rings. The maximum Gasteiger partial charge on any atom is 0.181 e. The number of rotatable bonds is 1. The fraction of sp³-hybridized carbons (Fsp3) is 0.182. The lowest BCUT2D eigenvalue weighted by Gasteiger charge is -2.16. The van der Waals surface area contributed by atoms with Gasteiger partial charge in [0, 0.05) is 0 Å². The van der Waals surface area contributed by atoms with Gasteiger partial charge in [-0.1, -0.05) is 30.3 Å². The maximum atomic E-state index is 10.8. The normalized spacial score (nSPS) is 21.8. The highest BCUT2D eigenvalue weighted by molar-refractivity contribution is 5.91. The molecule has 1 aliphatic rings. The summed E-state index contributed by atoms with van der Waals surface area (Å²) in [6.07, 6.45) is 3.32. The van der Waals surface area contributed by atoms with Gasteiger partial charge in [-0.3, -0.25) is 4.79 Å². The van der Waals surface area contributed by atoms with E-state index in [1.807, 2.05) is 30.3 Å². The van der Waals surface area contributed by atoms with Crippen LogP contribution in [0.5, 0.6) is 0 Å². The molecule has 2 rings (SSSR count). The number of ketones is 1. The Morgan fingerprint density at radius 3 is 2.62 bits per heavy atom. The van der Waals surface area contributed by atoms with Crippen LogP contribution in [0.15, 0.2) is 42.5 Å². The van der Waals surface area contributed by atoms with Crippen molar-refractivity contribution in [3.63, 3.8) is 0 Å². The minimum atomic E-state index is -0.0566. The number of ether oxygens (including phenoxy) is 1. The molecule has 0 aliphatic carbocycles.